The first-order valence-electron chi connectivity index (χ1n) is 5.43. The molecular weight excluding hydrogens is 266 g/mol. The van der Waals surface area contributed by atoms with Gasteiger partial charge in [-0.05, 0) is 24.3 Å². The third kappa shape index (κ3) is 3.19. The zero-order valence-electron chi connectivity index (χ0n) is 10.0. The summed E-state index contributed by atoms with van der Waals surface area (Å²) >= 11 is 0. The lowest BCUT2D eigenvalue weighted by molar-refractivity contribution is -0.402. The number of anilines is 1. The summed E-state index contributed by atoms with van der Waals surface area (Å²) in [6.45, 7) is 0. The van der Waals surface area contributed by atoms with E-state index in [0.717, 1.165) is 0 Å². The minimum atomic E-state index is -1.04. The fraction of sp³-hybridized carbons (Fsp3) is 0. The third-order valence-corrected chi connectivity index (χ3v) is 2.29. The van der Waals surface area contributed by atoms with E-state index in [0.29, 0.717) is 5.69 Å². The Balaban J connectivity index is 2.04. The highest BCUT2D eigenvalue weighted by molar-refractivity contribution is 5.88. The number of nitrogens with zero attached hydrogens (tertiary/aromatic N) is 2. The van der Waals surface area contributed by atoms with E-state index in [2.05, 4.69) is 10.5 Å². The number of carboxylic acids is 1. The Morgan fingerprint density at radius 1 is 1.40 bits per heavy atom. The summed E-state index contributed by atoms with van der Waals surface area (Å²) in [4.78, 5) is 20.5. The second kappa shape index (κ2) is 5.65. The Kier molecular flexibility index (Phi) is 3.75. The topological polar surface area (TPSA) is 118 Å². The van der Waals surface area contributed by atoms with Crippen molar-refractivity contribution in [1.82, 2.24) is 0 Å². The van der Waals surface area contributed by atoms with Gasteiger partial charge in [0.2, 0.25) is 0 Å². The number of hydrogen-bond donors (Lipinski definition) is 2. The number of carbonyl (C=O) groups is 1. The van der Waals surface area contributed by atoms with Gasteiger partial charge in [-0.3, -0.25) is 15.5 Å². The number of nitro groups is 1. The smallest absolute Gasteiger partial charge is 0.433 e. The number of nitrogens with one attached hydrogen (secondary N) is 1. The average molecular weight is 275 g/mol. The van der Waals surface area contributed by atoms with Crippen LogP contribution in [-0.2, 0) is 0 Å². The summed E-state index contributed by atoms with van der Waals surface area (Å²) < 4.78 is 4.86. The van der Waals surface area contributed by atoms with Gasteiger partial charge in [-0.2, -0.15) is 5.10 Å². The molecule has 8 nitrogen and oxygen atoms in total. The van der Waals surface area contributed by atoms with Gasteiger partial charge in [0, 0.05) is 0 Å². The van der Waals surface area contributed by atoms with Crippen LogP contribution in [0.25, 0.3) is 0 Å². The van der Waals surface area contributed by atoms with E-state index in [4.69, 9.17) is 9.52 Å². The van der Waals surface area contributed by atoms with Crippen molar-refractivity contribution < 1.29 is 19.2 Å². The van der Waals surface area contributed by atoms with E-state index in [9.17, 15) is 14.9 Å². The van der Waals surface area contributed by atoms with Crippen molar-refractivity contribution in [2.45, 2.75) is 0 Å². The maximum atomic E-state index is 10.8. The number of aromatic carboxylic acids is 1. The van der Waals surface area contributed by atoms with Crippen molar-refractivity contribution in [1.29, 1.82) is 0 Å². The van der Waals surface area contributed by atoms with Gasteiger partial charge >= 0.3 is 11.9 Å². The van der Waals surface area contributed by atoms with Gasteiger partial charge < -0.3 is 9.52 Å². The number of carboxylic acid groups (broad SMARTS) is 1. The maximum absolute atomic E-state index is 10.8. The molecule has 102 valence electrons. The van der Waals surface area contributed by atoms with Crippen LogP contribution in [0.2, 0.25) is 0 Å². The first-order chi connectivity index (χ1) is 9.56. The number of rotatable bonds is 5. The quantitative estimate of drug-likeness (QED) is 0.491. The summed E-state index contributed by atoms with van der Waals surface area (Å²) in [6, 6.07) is 8.67. The summed E-state index contributed by atoms with van der Waals surface area (Å²) in [5.41, 5.74) is 3.20. The molecule has 2 rings (SSSR count). The van der Waals surface area contributed by atoms with Crippen LogP contribution in [0.4, 0.5) is 11.6 Å². The molecule has 0 radical (unpaired) electrons. The molecule has 1 heterocycles. The molecule has 0 aliphatic heterocycles. The normalized spacial score (nSPS) is 10.6. The molecule has 0 amide bonds. The Labute approximate surface area is 112 Å². The molecular formula is C12H9N3O5. The van der Waals surface area contributed by atoms with Crippen LogP contribution in [0.3, 0.4) is 0 Å². The van der Waals surface area contributed by atoms with Crippen molar-refractivity contribution in [3.05, 3.63) is 57.8 Å². The van der Waals surface area contributed by atoms with Crippen LogP contribution in [-0.4, -0.2) is 22.2 Å². The van der Waals surface area contributed by atoms with E-state index in [1.54, 1.807) is 12.1 Å². The number of benzene rings is 1. The Morgan fingerprint density at radius 3 is 2.85 bits per heavy atom. The highest BCUT2D eigenvalue weighted by atomic mass is 16.6. The van der Waals surface area contributed by atoms with Gasteiger partial charge in [0.1, 0.15) is 4.92 Å². The van der Waals surface area contributed by atoms with Crippen LogP contribution in [0.1, 0.15) is 16.1 Å². The monoisotopic (exact) mass is 275 g/mol. The highest BCUT2D eigenvalue weighted by Crippen LogP contribution is 2.14. The Bertz CT molecular complexity index is 677. The maximum Gasteiger partial charge on any atom is 0.433 e. The van der Waals surface area contributed by atoms with E-state index in [1.807, 2.05) is 0 Å². The largest absolute Gasteiger partial charge is 0.478 e. The molecule has 0 unspecified atom stereocenters. The molecule has 0 spiro atoms. The Morgan fingerprint density at radius 2 is 2.20 bits per heavy atom. The van der Waals surface area contributed by atoms with Gasteiger partial charge in [0.25, 0.3) is 0 Å². The highest BCUT2D eigenvalue weighted by Gasteiger charge is 2.10. The molecule has 8 heteroatoms. The van der Waals surface area contributed by atoms with E-state index < -0.39 is 10.9 Å². The van der Waals surface area contributed by atoms with Crippen LogP contribution in [0, 0.1) is 10.1 Å². The predicted octanol–water partition coefficient (Wildman–Crippen LogP) is 2.33. The molecule has 20 heavy (non-hydrogen) atoms. The zero-order chi connectivity index (χ0) is 14.5. The van der Waals surface area contributed by atoms with Gasteiger partial charge in [-0.1, -0.05) is 6.07 Å². The Hall–Kier alpha value is -3.16. The lowest BCUT2D eigenvalue weighted by Gasteiger charge is -2.00. The molecule has 0 atom stereocenters. The summed E-state index contributed by atoms with van der Waals surface area (Å²) in [5.74, 6) is -1.21. The molecule has 0 aliphatic carbocycles. The second-order valence-corrected chi connectivity index (χ2v) is 3.69. The molecule has 0 fully saturated rings. The fourth-order valence-electron chi connectivity index (χ4n) is 1.40. The van der Waals surface area contributed by atoms with Crippen molar-refractivity contribution >= 4 is 23.8 Å². The molecule has 0 saturated heterocycles. The standard InChI is InChI=1S/C12H9N3O5/c16-12(17)8-2-1-3-9(6-8)14-13-7-10-4-5-11(20-10)15(18)19/h1-7,14H,(H,16,17)/b13-7+. The van der Waals surface area contributed by atoms with Crippen molar-refractivity contribution in [3.63, 3.8) is 0 Å². The minimum absolute atomic E-state index is 0.124. The molecule has 1 aromatic carbocycles. The van der Waals surface area contributed by atoms with Gasteiger partial charge in [0.05, 0.1) is 23.5 Å². The van der Waals surface area contributed by atoms with Crippen molar-refractivity contribution in [3.8, 4) is 0 Å². The van der Waals surface area contributed by atoms with Crippen LogP contribution in [0.5, 0.6) is 0 Å². The minimum Gasteiger partial charge on any atom is -0.478 e. The summed E-state index contributed by atoms with van der Waals surface area (Å²) in [7, 11) is 0. The average Bonchev–Trinajstić information content (AvgIpc) is 2.88. The summed E-state index contributed by atoms with van der Waals surface area (Å²) in [5, 5.41) is 23.0. The van der Waals surface area contributed by atoms with Crippen molar-refractivity contribution in [2.75, 3.05) is 5.43 Å². The third-order valence-electron chi connectivity index (χ3n) is 2.29. The molecule has 0 aliphatic rings. The first kappa shape index (κ1) is 13.3. The molecule has 0 bridgehead atoms. The predicted molar refractivity (Wildman–Crippen MR) is 70.0 cm³/mol. The molecule has 1 aromatic heterocycles. The lowest BCUT2D eigenvalue weighted by atomic mass is 10.2. The summed E-state index contributed by atoms with van der Waals surface area (Å²) in [6.07, 6.45) is 1.25. The molecule has 0 saturated carbocycles. The van der Waals surface area contributed by atoms with Gasteiger partial charge in [-0.25, -0.2) is 4.79 Å². The van der Waals surface area contributed by atoms with E-state index >= 15 is 0 Å². The second-order valence-electron chi connectivity index (χ2n) is 3.69. The van der Waals surface area contributed by atoms with Crippen molar-refractivity contribution in [2.24, 2.45) is 5.10 Å². The first-order valence-corrected chi connectivity index (χ1v) is 5.43. The van der Waals surface area contributed by atoms with E-state index in [1.165, 1.54) is 30.5 Å². The number of hydrazone groups is 1. The van der Waals surface area contributed by atoms with Gasteiger partial charge in [-0.15, -0.1) is 0 Å². The SMILES string of the molecule is O=C(O)c1cccc(N/N=C/c2ccc([N+](=O)[O-])o2)c1. The van der Waals surface area contributed by atoms with E-state index in [-0.39, 0.29) is 17.2 Å². The zero-order valence-corrected chi connectivity index (χ0v) is 10.0. The number of hydrogen-bond acceptors (Lipinski definition) is 6. The molecule has 2 aromatic rings. The fourth-order valence-corrected chi connectivity index (χ4v) is 1.40. The lowest BCUT2D eigenvalue weighted by Crippen LogP contribution is -1.97. The van der Waals surface area contributed by atoms with Crippen LogP contribution >= 0.6 is 0 Å². The van der Waals surface area contributed by atoms with Crippen LogP contribution in [0.15, 0.2) is 45.9 Å². The van der Waals surface area contributed by atoms with Crippen LogP contribution < -0.4 is 5.43 Å². The molecule has 2 N–H and O–H groups in total. The number of furan rings is 1. The van der Waals surface area contributed by atoms with Gasteiger partial charge in [0.15, 0.2) is 5.76 Å².